The molecular formula is C24H34N4O3. The fraction of sp³-hybridized carbons (Fsp3) is 0.458. The van der Waals surface area contributed by atoms with E-state index in [1.165, 1.54) is 11.1 Å². The lowest BCUT2D eigenvalue weighted by Crippen LogP contribution is -2.36. The van der Waals surface area contributed by atoms with Crippen LogP contribution < -0.4 is 20.1 Å². The van der Waals surface area contributed by atoms with Crippen molar-refractivity contribution in [2.45, 2.75) is 26.6 Å². The zero-order chi connectivity index (χ0) is 21.9. The van der Waals surface area contributed by atoms with Crippen LogP contribution in [0.15, 0.2) is 47.5 Å². The topological polar surface area (TPSA) is 67.4 Å². The van der Waals surface area contributed by atoms with Gasteiger partial charge in [-0.1, -0.05) is 24.3 Å². The number of methoxy groups -OCH3 is 2. The molecule has 2 N–H and O–H groups in total. The molecule has 0 radical (unpaired) electrons. The largest absolute Gasteiger partial charge is 0.497 e. The monoisotopic (exact) mass is 426 g/mol. The van der Waals surface area contributed by atoms with Gasteiger partial charge in [0.05, 0.1) is 34.0 Å². The predicted molar refractivity (Wildman–Crippen MR) is 124 cm³/mol. The van der Waals surface area contributed by atoms with Gasteiger partial charge >= 0.3 is 0 Å². The number of aliphatic imine (C=N–C) groups is 1. The number of ether oxygens (including phenoxy) is 3. The van der Waals surface area contributed by atoms with Gasteiger partial charge in [-0.3, -0.25) is 4.90 Å². The van der Waals surface area contributed by atoms with E-state index >= 15 is 0 Å². The summed E-state index contributed by atoms with van der Waals surface area (Å²) < 4.78 is 16.2. The van der Waals surface area contributed by atoms with Crippen molar-refractivity contribution < 1.29 is 14.2 Å². The molecule has 0 saturated carbocycles. The van der Waals surface area contributed by atoms with Crippen LogP contribution in [-0.4, -0.2) is 57.9 Å². The van der Waals surface area contributed by atoms with Gasteiger partial charge in [0.1, 0.15) is 11.5 Å². The average molecular weight is 427 g/mol. The van der Waals surface area contributed by atoms with Gasteiger partial charge in [0.2, 0.25) is 0 Å². The molecule has 2 aromatic carbocycles. The van der Waals surface area contributed by atoms with Crippen LogP contribution >= 0.6 is 0 Å². The molecule has 3 rings (SSSR count). The van der Waals surface area contributed by atoms with Gasteiger partial charge in [0, 0.05) is 44.4 Å². The molecule has 1 heterocycles. The molecule has 2 aromatic rings. The molecular weight excluding hydrogens is 392 g/mol. The lowest BCUT2D eigenvalue weighted by molar-refractivity contribution is 0.0342. The third kappa shape index (κ3) is 7.15. The van der Waals surface area contributed by atoms with E-state index in [1.54, 1.807) is 14.2 Å². The summed E-state index contributed by atoms with van der Waals surface area (Å²) in [6.45, 7) is 8.72. The lowest BCUT2D eigenvalue weighted by atomic mass is 10.1. The molecule has 1 fully saturated rings. The van der Waals surface area contributed by atoms with Crippen molar-refractivity contribution in [1.82, 2.24) is 15.5 Å². The Balaban J connectivity index is 1.56. The van der Waals surface area contributed by atoms with Gasteiger partial charge in [0.15, 0.2) is 5.96 Å². The molecule has 0 bridgehead atoms. The fourth-order valence-corrected chi connectivity index (χ4v) is 3.46. The van der Waals surface area contributed by atoms with Crippen LogP contribution in [0.1, 0.15) is 23.6 Å². The number of benzene rings is 2. The van der Waals surface area contributed by atoms with Crippen molar-refractivity contribution in [2.75, 3.05) is 47.1 Å². The summed E-state index contributed by atoms with van der Waals surface area (Å²) in [5, 5.41) is 6.69. The first-order chi connectivity index (χ1) is 15.2. The molecule has 1 aliphatic heterocycles. The van der Waals surface area contributed by atoms with E-state index in [-0.39, 0.29) is 0 Å². The summed E-state index contributed by atoms with van der Waals surface area (Å²) in [5.41, 5.74) is 3.55. The Bertz CT molecular complexity index is 833. The van der Waals surface area contributed by atoms with Gasteiger partial charge < -0.3 is 24.8 Å². The summed E-state index contributed by atoms with van der Waals surface area (Å²) in [4.78, 5) is 7.16. The van der Waals surface area contributed by atoms with Crippen LogP contribution in [0.2, 0.25) is 0 Å². The second-order valence-electron chi connectivity index (χ2n) is 7.43. The van der Waals surface area contributed by atoms with E-state index in [4.69, 9.17) is 19.2 Å². The summed E-state index contributed by atoms with van der Waals surface area (Å²) in [6.07, 6.45) is 0. The molecule has 1 aliphatic rings. The molecule has 31 heavy (non-hydrogen) atoms. The first kappa shape index (κ1) is 22.9. The maximum Gasteiger partial charge on any atom is 0.191 e. The molecule has 0 unspecified atom stereocenters. The van der Waals surface area contributed by atoms with Gasteiger partial charge in [-0.2, -0.15) is 0 Å². The Morgan fingerprint density at radius 2 is 1.74 bits per heavy atom. The average Bonchev–Trinajstić information content (AvgIpc) is 2.82. The molecule has 1 saturated heterocycles. The van der Waals surface area contributed by atoms with Crippen molar-refractivity contribution in [3.63, 3.8) is 0 Å². The van der Waals surface area contributed by atoms with Crippen LogP contribution in [0.3, 0.4) is 0 Å². The number of hydrogen-bond donors (Lipinski definition) is 2. The number of guanidine groups is 1. The molecule has 0 aliphatic carbocycles. The van der Waals surface area contributed by atoms with Crippen LogP contribution in [-0.2, 0) is 24.4 Å². The summed E-state index contributed by atoms with van der Waals surface area (Å²) in [5.74, 6) is 2.34. The highest BCUT2D eigenvalue weighted by atomic mass is 16.5. The van der Waals surface area contributed by atoms with Crippen LogP contribution in [0.4, 0.5) is 0 Å². The van der Waals surface area contributed by atoms with Gasteiger partial charge in [-0.05, 0) is 30.2 Å². The van der Waals surface area contributed by atoms with E-state index in [0.717, 1.165) is 62.4 Å². The molecule has 0 aromatic heterocycles. The zero-order valence-corrected chi connectivity index (χ0v) is 18.8. The van der Waals surface area contributed by atoms with Crippen LogP contribution in [0, 0.1) is 0 Å². The summed E-state index contributed by atoms with van der Waals surface area (Å²) >= 11 is 0. The Hall–Kier alpha value is -2.77. The number of nitrogens with zero attached hydrogens (tertiary/aromatic N) is 2. The maximum atomic E-state index is 5.48. The van der Waals surface area contributed by atoms with Crippen LogP contribution in [0.5, 0.6) is 11.5 Å². The molecule has 0 amide bonds. The summed E-state index contributed by atoms with van der Waals surface area (Å²) in [7, 11) is 3.32. The van der Waals surface area contributed by atoms with Crippen LogP contribution in [0.25, 0.3) is 0 Å². The second kappa shape index (κ2) is 12.2. The minimum Gasteiger partial charge on any atom is -0.497 e. The molecule has 7 nitrogen and oxygen atoms in total. The Labute approximate surface area is 185 Å². The Morgan fingerprint density at radius 3 is 2.42 bits per heavy atom. The summed E-state index contributed by atoms with van der Waals surface area (Å²) in [6, 6.07) is 14.5. The minimum atomic E-state index is 0.609. The third-order valence-corrected chi connectivity index (χ3v) is 5.24. The third-order valence-electron chi connectivity index (χ3n) is 5.24. The first-order valence-corrected chi connectivity index (χ1v) is 10.8. The predicted octanol–water partition coefficient (Wildman–Crippen LogP) is 2.79. The highest BCUT2D eigenvalue weighted by molar-refractivity contribution is 5.79. The Morgan fingerprint density at radius 1 is 1.00 bits per heavy atom. The van der Waals surface area contributed by atoms with Crippen molar-refractivity contribution in [1.29, 1.82) is 0 Å². The maximum absolute atomic E-state index is 5.48. The first-order valence-electron chi connectivity index (χ1n) is 10.8. The van der Waals surface area contributed by atoms with Crippen molar-refractivity contribution >= 4 is 5.96 Å². The standard InChI is InChI=1S/C24H34N4O3/c1-4-25-24(27-17-21-9-10-22(29-2)15-23(21)30-3)26-16-19-5-7-20(8-6-19)18-28-11-13-31-14-12-28/h5-10,15H,4,11-14,16-18H2,1-3H3,(H2,25,26,27). The van der Waals surface area contributed by atoms with E-state index in [2.05, 4.69) is 46.7 Å². The van der Waals surface area contributed by atoms with E-state index in [0.29, 0.717) is 13.1 Å². The molecule has 0 atom stereocenters. The number of hydrogen-bond acceptors (Lipinski definition) is 5. The van der Waals surface area contributed by atoms with E-state index in [9.17, 15) is 0 Å². The molecule has 7 heteroatoms. The van der Waals surface area contributed by atoms with Gasteiger partial charge in [-0.15, -0.1) is 0 Å². The smallest absolute Gasteiger partial charge is 0.191 e. The second-order valence-corrected chi connectivity index (χ2v) is 7.43. The molecule has 0 spiro atoms. The van der Waals surface area contributed by atoms with Crippen molar-refractivity contribution in [3.05, 3.63) is 59.2 Å². The fourth-order valence-electron chi connectivity index (χ4n) is 3.46. The number of morpholine rings is 1. The minimum absolute atomic E-state index is 0.609. The SMILES string of the molecule is CCNC(=NCc1ccc(CN2CCOCC2)cc1)NCc1ccc(OC)cc1OC. The number of nitrogens with one attached hydrogen (secondary N) is 2. The Kier molecular flexibility index (Phi) is 8.99. The van der Waals surface area contributed by atoms with E-state index in [1.807, 2.05) is 18.2 Å². The molecule has 168 valence electrons. The lowest BCUT2D eigenvalue weighted by Gasteiger charge is -2.26. The number of rotatable bonds is 9. The quantitative estimate of drug-likeness (QED) is 0.475. The van der Waals surface area contributed by atoms with Crippen molar-refractivity contribution in [2.24, 2.45) is 4.99 Å². The van der Waals surface area contributed by atoms with Gasteiger partial charge in [-0.25, -0.2) is 4.99 Å². The van der Waals surface area contributed by atoms with E-state index < -0.39 is 0 Å². The highest BCUT2D eigenvalue weighted by Crippen LogP contribution is 2.24. The highest BCUT2D eigenvalue weighted by Gasteiger charge is 2.10. The normalized spacial score (nSPS) is 14.9. The van der Waals surface area contributed by atoms with Crippen molar-refractivity contribution in [3.8, 4) is 11.5 Å². The zero-order valence-electron chi connectivity index (χ0n) is 18.8. The van der Waals surface area contributed by atoms with Gasteiger partial charge in [0.25, 0.3) is 0 Å².